The minimum Gasteiger partial charge on any atom is -0.459 e. The Bertz CT molecular complexity index is 196. The second-order valence-corrected chi connectivity index (χ2v) is 4.43. The third-order valence-electron chi connectivity index (χ3n) is 3.16. The van der Waals surface area contributed by atoms with Gasteiger partial charge in [0.2, 0.25) is 0 Å². The topological polar surface area (TPSA) is 26.3 Å². The average Bonchev–Trinajstić information content (AvgIpc) is 2.24. The summed E-state index contributed by atoms with van der Waals surface area (Å²) >= 11 is 0. The summed E-state index contributed by atoms with van der Waals surface area (Å²) < 4.78 is 5.32. The van der Waals surface area contributed by atoms with E-state index in [2.05, 4.69) is 6.92 Å². The van der Waals surface area contributed by atoms with Crippen molar-refractivity contribution in [3.05, 3.63) is 0 Å². The number of carbonyl (C=O) groups is 1. The molecule has 0 bridgehead atoms. The van der Waals surface area contributed by atoms with Gasteiger partial charge >= 0.3 is 5.97 Å². The SMILES string of the molecule is CC1(CC2CCC2)CCC(=O)O1. The molecule has 2 nitrogen and oxygen atoms in total. The van der Waals surface area contributed by atoms with Crippen molar-refractivity contribution in [3.63, 3.8) is 0 Å². The highest BCUT2D eigenvalue weighted by Crippen LogP contribution is 2.39. The van der Waals surface area contributed by atoms with Crippen molar-refractivity contribution in [1.82, 2.24) is 0 Å². The Kier molecular flexibility index (Phi) is 1.85. The number of hydrogen-bond acceptors (Lipinski definition) is 2. The molecule has 12 heavy (non-hydrogen) atoms. The maximum atomic E-state index is 10.9. The normalized spacial score (nSPS) is 36.2. The van der Waals surface area contributed by atoms with Crippen LogP contribution in [0.25, 0.3) is 0 Å². The standard InChI is InChI=1S/C10H16O2/c1-10(6-5-9(11)12-10)7-8-3-2-4-8/h8H,2-7H2,1H3. The van der Waals surface area contributed by atoms with Gasteiger partial charge < -0.3 is 4.74 Å². The Morgan fingerprint density at radius 2 is 2.33 bits per heavy atom. The van der Waals surface area contributed by atoms with Crippen LogP contribution in [0.3, 0.4) is 0 Å². The zero-order valence-corrected chi connectivity index (χ0v) is 7.64. The van der Waals surface area contributed by atoms with Gasteiger partial charge in [-0.25, -0.2) is 0 Å². The molecule has 0 spiro atoms. The monoisotopic (exact) mass is 168 g/mol. The molecule has 1 aliphatic carbocycles. The van der Waals surface area contributed by atoms with Crippen molar-refractivity contribution >= 4 is 5.97 Å². The summed E-state index contributed by atoms with van der Waals surface area (Å²) in [6, 6.07) is 0. The van der Waals surface area contributed by atoms with Gasteiger partial charge in [0.15, 0.2) is 0 Å². The molecule has 0 aromatic carbocycles. The lowest BCUT2D eigenvalue weighted by atomic mass is 9.77. The summed E-state index contributed by atoms with van der Waals surface area (Å²) in [5, 5.41) is 0. The van der Waals surface area contributed by atoms with E-state index in [-0.39, 0.29) is 11.6 Å². The molecular formula is C10H16O2. The second kappa shape index (κ2) is 2.75. The van der Waals surface area contributed by atoms with Gasteiger partial charge in [0.05, 0.1) is 0 Å². The van der Waals surface area contributed by atoms with E-state index >= 15 is 0 Å². The van der Waals surface area contributed by atoms with Gasteiger partial charge in [-0.2, -0.15) is 0 Å². The van der Waals surface area contributed by atoms with Crippen molar-refractivity contribution in [1.29, 1.82) is 0 Å². The molecule has 2 heteroatoms. The third-order valence-corrected chi connectivity index (χ3v) is 3.16. The minimum atomic E-state index is -0.109. The second-order valence-electron chi connectivity index (χ2n) is 4.43. The summed E-state index contributed by atoms with van der Waals surface area (Å²) in [4.78, 5) is 10.9. The van der Waals surface area contributed by atoms with Crippen LogP contribution in [0.2, 0.25) is 0 Å². The Morgan fingerprint density at radius 1 is 1.58 bits per heavy atom. The number of hydrogen-bond donors (Lipinski definition) is 0. The fourth-order valence-electron chi connectivity index (χ4n) is 2.19. The largest absolute Gasteiger partial charge is 0.459 e. The van der Waals surface area contributed by atoms with Crippen LogP contribution in [0.5, 0.6) is 0 Å². The number of esters is 1. The van der Waals surface area contributed by atoms with Crippen LogP contribution in [-0.4, -0.2) is 11.6 Å². The van der Waals surface area contributed by atoms with Crippen molar-refractivity contribution in [2.75, 3.05) is 0 Å². The summed E-state index contributed by atoms with van der Waals surface area (Å²) in [5.74, 6) is 0.831. The first-order valence-corrected chi connectivity index (χ1v) is 4.90. The van der Waals surface area contributed by atoms with Gasteiger partial charge in [-0.1, -0.05) is 19.3 Å². The number of ether oxygens (including phenoxy) is 1. The zero-order valence-electron chi connectivity index (χ0n) is 7.64. The summed E-state index contributed by atoms with van der Waals surface area (Å²) in [5.41, 5.74) is -0.109. The van der Waals surface area contributed by atoms with E-state index in [0.717, 1.165) is 18.8 Å². The van der Waals surface area contributed by atoms with Gasteiger partial charge in [0, 0.05) is 6.42 Å². The van der Waals surface area contributed by atoms with E-state index < -0.39 is 0 Å². The predicted molar refractivity (Wildman–Crippen MR) is 45.7 cm³/mol. The van der Waals surface area contributed by atoms with Crippen LogP contribution in [0, 0.1) is 5.92 Å². The molecule has 1 saturated heterocycles. The van der Waals surface area contributed by atoms with Crippen LogP contribution in [0.1, 0.15) is 45.4 Å². The molecule has 0 amide bonds. The highest BCUT2D eigenvalue weighted by molar-refractivity contribution is 5.72. The zero-order chi connectivity index (χ0) is 8.60. The van der Waals surface area contributed by atoms with Crippen LogP contribution < -0.4 is 0 Å². The molecule has 0 aromatic heterocycles. The first-order valence-electron chi connectivity index (χ1n) is 4.90. The molecule has 1 heterocycles. The molecule has 2 aliphatic rings. The van der Waals surface area contributed by atoms with E-state index in [4.69, 9.17) is 4.74 Å². The summed E-state index contributed by atoms with van der Waals surface area (Å²) in [7, 11) is 0. The van der Waals surface area contributed by atoms with Gasteiger partial charge in [-0.15, -0.1) is 0 Å². The first kappa shape index (κ1) is 8.09. The van der Waals surface area contributed by atoms with Crippen molar-refractivity contribution in [3.8, 4) is 0 Å². The fraction of sp³-hybridized carbons (Fsp3) is 0.900. The molecule has 1 atom stereocenters. The predicted octanol–water partition coefficient (Wildman–Crippen LogP) is 2.27. The highest BCUT2D eigenvalue weighted by Gasteiger charge is 2.38. The van der Waals surface area contributed by atoms with E-state index in [1.54, 1.807) is 0 Å². The van der Waals surface area contributed by atoms with Crippen molar-refractivity contribution in [2.45, 2.75) is 51.0 Å². The molecule has 2 fully saturated rings. The Morgan fingerprint density at radius 3 is 2.75 bits per heavy atom. The molecule has 0 radical (unpaired) electrons. The van der Waals surface area contributed by atoms with Gasteiger partial charge in [-0.05, 0) is 25.7 Å². The van der Waals surface area contributed by atoms with Crippen LogP contribution in [-0.2, 0) is 9.53 Å². The first-order chi connectivity index (χ1) is 5.68. The van der Waals surface area contributed by atoms with Crippen LogP contribution >= 0.6 is 0 Å². The van der Waals surface area contributed by atoms with E-state index in [1.165, 1.54) is 19.3 Å². The lowest BCUT2D eigenvalue weighted by Crippen LogP contribution is -2.29. The third kappa shape index (κ3) is 1.47. The fourth-order valence-corrected chi connectivity index (χ4v) is 2.19. The molecule has 1 unspecified atom stereocenters. The number of rotatable bonds is 2. The average molecular weight is 168 g/mol. The van der Waals surface area contributed by atoms with Gasteiger partial charge in [-0.3, -0.25) is 4.79 Å². The molecule has 2 rings (SSSR count). The summed E-state index contributed by atoms with van der Waals surface area (Å²) in [6.45, 7) is 2.08. The molecule has 0 N–H and O–H groups in total. The van der Waals surface area contributed by atoms with E-state index in [1.807, 2.05) is 0 Å². The summed E-state index contributed by atoms with van der Waals surface area (Å²) in [6.07, 6.45) is 6.71. The molecule has 68 valence electrons. The maximum absolute atomic E-state index is 10.9. The van der Waals surface area contributed by atoms with Crippen molar-refractivity contribution in [2.24, 2.45) is 5.92 Å². The van der Waals surface area contributed by atoms with E-state index in [0.29, 0.717) is 6.42 Å². The van der Waals surface area contributed by atoms with Crippen LogP contribution in [0.4, 0.5) is 0 Å². The Balaban J connectivity index is 1.88. The van der Waals surface area contributed by atoms with Crippen LogP contribution in [0.15, 0.2) is 0 Å². The molecule has 1 saturated carbocycles. The van der Waals surface area contributed by atoms with Crippen molar-refractivity contribution < 1.29 is 9.53 Å². The molecule has 1 aliphatic heterocycles. The molecular weight excluding hydrogens is 152 g/mol. The maximum Gasteiger partial charge on any atom is 0.306 e. The smallest absolute Gasteiger partial charge is 0.306 e. The number of cyclic esters (lactones) is 1. The minimum absolute atomic E-state index is 0.00294. The van der Waals surface area contributed by atoms with Gasteiger partial charge in [0.1, 0.15) is 5.60 Å². The quantitative estimate of drug-likeness (QED) is 0.591. The molecule has 0 aromatic rings. The van der Waals surface area contributed by atoms with Gasteiger partial charge in [0.25, 0.3) is 0 Å². The Labute approximate surface area is 73.3 Å². The highest BCUT2D eigenvalue weighted by atomic mass is 16.6. The van der Waals surface area contributed by atoms with E-state index in [9.17, 15) is 4.79 Å². The number of carbonyl (C=O) groups excluding carboxylic acids is 1. The lowest BCUT2D eigenvalue weighted by molar-refractivity contribution is -0.148. The lowest BCUT2D eigenvalue weighted by Gasteiger charge is -2.33. The Hall–Kier alpha value is -0.530.